The Morgan fingerprint density at radius 1 is 1.09 bits per heavy atom. The van der Waals surface area contributed by atoms with E-state index in [4.69, 9.17) is 14.8 Å². The van der Waals surface area contributed by atoms with Crippen molar-refractivity contribution in [3.05, 3.63) is 94.8 Å². The van der Waals surface area contributed by atoms with E-state index in [0.29, 0.717) is 37.7 Å². The number of piperidine rings is 1. The van der Waals surface area contributed by atoms with Gasteiger partial charge >= 0.3 is 0 Å². The van der Waals surface area contributed by atoms with Crippen molar-refractivity contribution >= 4 is 45.4 Å². The quantitative estimate of drug-likeness (QED) is 0.0706. The normalized spacial score (nSPS) is 17.1. The molecule has 0 spiro atoms. The topological polar surface area (TPSA) is 117 Å². The summed E-state index contributed by atoms with van der Waals surface area (Å²) in [5.74, 6) is 1.81. The molecule has 65 heavy (non-hydrogen) atoms. The van der Waals surface area contributed by atoms with E-state index >= 15 is 0 Å². The number of nitrogens with zero attached hydrogens (tertiary/aromatic N) is 6. The zero-order valence-electron chi connectivity index (χ0n) is 40.8. The predicted molar refractivity (Wildman–Crippen MR) is 276 cm³/mol. The minimum absolute atomic E-state index is 0. The van der Waals surface area contributed by atoms with Crippen LogP contribution in [0, 0.1) is 12.8 Å². The van der Waals surface area contributed by atoms with Crippen molar-refractivity contribution < 1.29 is 18.6 Å². The Morgan fingerprint density at radius 3 is 2.55 bits per heavy atom. The number of aryl methyl sites for hydroxylation is 2. The number of hydrogen-bond acceptors (Lipinski definition) is 9. The maximum atomic E-state index is 13.2. The average Bonchev–Trinajstić information content (AvgIpc) is 3.64. The van der Waals surface area contributed by atoms with Crippen LogP contribution in [0.3, 0.4) is 0 Å². The van der Waals surface area contributed by atoms with E-state index < -0.39 is 0 Å². The van der Waals surface area contributed by atoms with Crippen LogP contribution in [0.25, 0.3) is 10.9 Å². The van der Waals surface area contributed by atoms with Crippen LogP contribution in [0.1, 0.15) is 138 Å². The Hall–Kier alpha value is -5.45. The highest BCUT2D eigenvalue weighted by Crippen LogP contribution is 2.37. The lowest BCUT2D eigenvalue weighted by Crippen LogP contribution is -2.50. The number of carbonyl (C=O) groups is 2. The molecule has 0 radical (unpaired) electrons. The maximum absolute atomic E-state index is 13.2. The predicted octanol–water partition coefficient (Wildman–Crippen LogP) is 11.9. The lowest BCUT2D eigenvalue weighted by Gasteiger charge is -2.39. The van der Waals surface area contributed by atoms with Crippen LogP contribution < -0.4 is 20.3 Å². The van der Waals surface area contributed by atoms with Gasteiger partial charge in [-0.2, -0.15) is 5.10 Å². The number of fused-ring (bicyclic) bond motifs is 2. The molecule has 2 fully saturated rings. The molecule has 1 amide bonds. The summed E-state index contributed by atoms with van der Waals surface area (Å²) in [6.07, 6.45) is 15.1. The number of amides is 1. The van der Waals surface area contributed by atoms with Gasteiger partial charge < -0.3 is 25.2 Å². The van der Waals surface area contributed by atoms with Gasteiger partial charge in [-0.3, -0.25) is 19.3 Å². The maximum Gasteiger partial charge on any atom is 0.237 e. The number of aliphatic imine (C=N–C) groups is 1. The number of para-hydroxylation sites is 1. The zero-order chi connectivity index (χ0) is 46.5. The molecule has 7 rings (SSSR count). The number of ketones is 1. The van der Waals surface area contributed by atoms with Crippen LogP contribution in [-0.2, 0) is 29.5 Å². The lowest BCUT2D eigenvalue weighted by atomic mass is 9.89. The van der Waals surface area contributed by atoms with Crippen LogP contribution in [0.5, 0.6) is 5.88 Å². The first kappa shape index (κ1) is 49.0. The molecule has 356 valence electrons. The molecule has 2 N–H and O–H groups in total. The molecule has 0 aliphatic carbocycles. The number of nitrogens with one attached hydrogen (secondary N) is 2. The van der Waals surface area contributed by atoms with Gasteiger partial charge in [-0.25, -0.2) is 4.98 Å². The van der Waals surface area contributed by atoms with Crippen molar-refractivity contribution in [1.82, 2.24) is 19.7 Å². The summed E-state index contributed by atoms with van der Waals surface area (Å²) in [4.78, 5) is 39.6. The fourth-order valence-electron chi connectivity index (χ4n) is 9.25. The van der Waals surface area contributed by atoms with Crippen LogP contribution in [-0.4, -0.2) is 82.6 Å². The largest absolute Gasteiger partial charge is 0.474 e. The van der Waals surface area contributed by atoms with E-state index in [9.17, 15) is 9.59 Å². The summed E-state index contributed by atoms with van der Waals surface area (Å²) >= 11 is 0. The molecule has 2 aromatic carbocycles. The third-order valence-corrected chi connectivity index (χ3v) is 13.4. The van der Waals surface area contributed by atoms with Gasteiger partial charge in [0.1, 0.15) is 24.2 Å². The second-order valence-electron chi connectivity index (χ2n) is 18.3. The highest BCUT2D eigenvalue weighted by Gasteiger charge is 2.30. The van der Waals surface area contributed by atoms with Gasteiger partial charge in [-0.1, -0.05) is 95.5 Å². The number of aromatic nitrogens is 3. The van der Waals surface area contributed by atoms with E-state index in [1.165, 1.54) is 34.9 Å². The fourth-order valence-corrected chi connectivity index (χ4v) is 9.25. The zero-order valence-corrected chi connectivity index (χ0v) is 40.8. The SMILES string of the molecule is C=C(C)C(CCC(=O)CC)c1nn(C)c2c(CCCCC3CN(C(=O)Cc4ccc(NC(CC)/N=C5/CN(c6cnc7c(c6C)NCCO7)CC/C5=C/C)cc4)C3)cccc12.CCCC.[HH].[HH].[HH]. The number of Topliss-reactive ketones (excluding diaryl/α,β-unsaturated/α-hetero) is 1. The molecule has 3 aliphatic heterocycles. The smallest absolute Gasteiger partial charge is 0.237 e. The molecule has 11 nitrogen and oxygen atoms in total. The van der Waals surface area contributed by atoms with Gasteiger partial charge in [0.25, 0.3) is 0 Å². The molecular formula is C54H82N8O3. The first-order valence-electron chi connectivity index (χ1n) is 24.6. The van der Waals surface area contributed by atoms with Crippen molar-refractivity contribution in [2.45, 2.75) is 138 Å². The number of benzene rings is 2. The highest BCUT2D eigenvalue weighted by atomic mass is 16.5. The second kappa shape index (κ2) is 23.7. The van der Waals surface area contributed by atoms with Gasteiger partial charge in [-0.15, -0.1) is 0 Å². The molecule has 2 unspecified atom stereocenters. The van der Waals surface area contributed by atoms with Crippen molar-refractivity contribution in [1.29, 1.82) is 0 Å². The minimum atomic E-state index is -0.0708. The van der Waals surface area contributed by atoms with Crippen LogP contribution in [0.15, 0.2) is 77.5 Å². The first-order chi connectivity index (χ1) is 31.5. The fraction of sp³-hybridized carbons (Fsp3) is 0.537. The summed E-state index contributed by atoms with van der Waals surface area (Å²) in [5.41, 5.74) is 12.3. The Kier molecular flexibility index (Phi) is 17.8. The standard InChI is InChI=1S/C50H66N8O3.C4H10.3H2/c1-8-37-24-26-57(44-29-52-50-47(34(44)6)51-25-27-61-50)32-43(37)54-45(10-3)53-39-20-18-35(19-21-39)28-46(60)58-30-36(31-58)14-11-12-15-38-16-13-17-42-48(55-56(7)49(38)42)41(33(4)5)23-22-40(59)9-2;1-3-4-2;;;/h8,13,16-21,29,36,41,45,51,53H,4,9-12,14-15,22-28,30-32H2,1-3,5-7H3;3-4H2,1-2H3;3*1H/b37-8-,54-43-;;;;. The summed E-state index contributed by atoms with van der Waals surface area (Å²) < 4.78 is 7.79. The molecule has 3 aliphatic rings. The minimum Gasteiger partial charge on any atom is -0.474 e. The molecule has 4 aromatic rings. The first-order valence-corrected chi connectivity index (χ1v) is 24.6. The summed E-state index contributed by atoms with van der Waals surface area (Å²) in [7, 11) is 2.03. The highest BCUT2D eigenvalue weighted by molar-refractivity contribution is 6.04. The summed E-state index contributed by atoms with van der Waals surface area (Å²) in [6, 6.07) is 14.8. The number of unbranched alkanes of at least 4 members (excludes halogenated alkanes) is 2. The summed E-state index contributed by atoms with van der Waals surface area (Å²) in [5, 5.41) is 13.2. The van der Waals surface area contributed by atoms with Crippen molar-refractivity contribution in [2.24, 2.45) is 18.0 Å². The number of pyridine rings is 1. The lowest BCUT2D eigenvalue weighted by molar-refractivity contribution is -0.136. The molecule has 2 aromatic heterocycles. The number of allylic oxidation sites excluding steroid dienone is 2. The average molecular weight is 891 g/mol. The van der Waals surface area contributed by atoms with Crippen LogP contribution in [0.4, 0.5) is 17.1 Å². The third-order valence-electron chi connectivity index (χ3n) is 13.4. The van der Waals surface area contributed by atoms with E-state index in [2.05, 4.69) is 110 Å². The molecular weight excluding hydrogens is 809 g/mol. The number of anilines is 3. The molecule has 0 bridgehead atoms. The Labute approximate surface area is 393 Å². The Morgan fingerprint density at radius 2 is 1.86 bits per heavy atom. The number of rotatable bonds is 19. The van der Waals surface area contributed by atoms with Gasteiger partial charge in [0.2, 0.25) is 11.8 Å². The van der Waals surface area contributed by atoms with Crippen molar-refractivity contribution in [3.63, 3.8) is 0 Å². The van der Waals surface area contributed by atoms with E-state index in [0.717, 1.165) is 123 Å². The Bertz CT molecular complexity index is 2320. The van der Waals surface area contributed by atoms with Crippen molar-refractivity contribution in [2.75, 3.05) is 54.9 Å². The monoisotopic (exact) mass is 891 g/mol. The molecule has 11 heteroatoms. The number of carbonyl (C=O) groups excluding carboxylic acids is 2. The molecule has 0 saturated carbocycles. The van der Waals surface area contributed by atoms with E-state index in [1.54, 1.807) is 0 Å². The number of hydrogen-bond donors (Lipinski definition) is 2. The van der Waals surface area contributed by atoms with Gasteiger partial charge in [0.05, 0.1) is 41.8 Å². The van der Waals surface area contributed by atoms with Crippen LogP contribution >= 0.6 is 0 Å². The number of ether oxygens (including phenoxy) is 1. The summed E-state index contributed by atoms with van der Waals surface area (Å²) in [6.45, 7) is 23.7. The van der Waals surface area contributed by atoms with Crippen LogP contribution in [0.2, 0.25) is 0 Å². The van der Waals surface area contributed by atoms with Crippen molar-refractivity contribution in [3.8, 4) is 5.88 Å². The van der Waals surface area contributed by atoms with E-state index in [1.807, 2.05) is 36.7 Å². The Balaban J connectivity index is 0.00000168. The van der Waals surface area contributed by atoms with Gasteiger partial charge in [-0.05, 0) is 94.0 Å². The van der Waals surface area contributed by atoms with E-state index in [-0.39, 0.29) is 28.1 Å². The molecule has 2 saturated heterocycles. The second-order valence-corrected chi connectivity index (χ2v) is 18.3. The number of likely N-dealkylation sites (tertiary alicyclic amines) is 1. The third kappa shape index (κ3) is 12.5. The molecule has 5 heterocycles. The van der Waals surface area contributed by atoms with Gasteiger partial charge in [0, 0.05) is 72.9 Å². The van der Waals surface area contributed by atoms with Gasteiger partial charge in [0.15, 0.2) is 0 Å². The molecule has 2 atom stereocenters.